The van der Waals surface area contributed by atoms with Crippen LogP contribution in [0.4, 0.5) is 0 Å². The first-order valence-corrected chi connectivity index (χ1v) is 10.2. The molecule has 0 N–H and O–H groups in total. The zero-order valence-electron chi connectivity index (χ0n) is 16.2. The van der Waals surface area contributed by atoms with Crippen LogP contribution in [0.5, 0.6) is 0 Å². The molecule has 5 heterocycles. The Labute approximate surface area is 174 Å². The van der Waals surface area contributed by atoms with E-state index in [4.69, 9.17) is 13.8 Å². The molecule has 0 unspecified atom stereocenters. The number of hydrogen-bond acceptors (Lipinski definition) is 4. The molecule has 0 aliphatic carbocycles. The lowest BCUT2D eigenvalue weighted by Crippen LogP contribution is -1.91. The molecule has 0 radical (unpaired) electrons. The number of fused-ring (bicyclic) bond motifs is 13. The lowest BCUT2D eigenvalue weighted by atomic mass is 10.0. The van der Waals surface area contributed by atoms with E-state index in [1.165, 1.54) is 0 Å². The van der Waals surface area contributed by atoms with Crippen LogP contribution in [0.15, 0.2) is 88.1 Å². The second kappa shape index (κ2) is 5.21. The highest BCUT2D eigenvalue weighted by molar-refractivity contribution is 6.27. The van der Waals surface area contributed by atoms with Crippen molar-refractivity contribution in [2.75, 3.05) is 0 Å². The van der Waals surface area contributed by atoms with Crippen LogP contribution in [-0.4, -0.2) is 14.4 Å². The number of imidazole rings is 1. The largest absolute Gasteiger partial charge is 0.456 e. The van der Waals surface area contributed by atoms with Crippen molar-refractivity contribution in [1.82, 2.24) is 14.4 Å². The molecule has 0 saturated carbocycles. The molecule has 31 heavy (non-hydrogen) atoms. The Morgan fingerprint density at radius 3 is 2.35 bits per heavy atom. The van der Waals surface area contributed by atoms with Crippen LogP contribution in [0.1, 0.15) is 0 Å². The average molecular weight is 399 g/mol. The van der Waals surface area contributed by atoms with Crippen molar-refractivity contribution in [2.45, 2.75) is 0 Å². The lowest BCUT2D eigenvalue weighted by molar-refractivity contribution is 0.663. The summed E-state index contributed by atoms with van der Waals surface area (Å²) in [5.74, 6) is 0. The van der Waals surface area contributed by atoms with Gasteiger partial charge in [-0.2, -0.15) is 0 Å². The molecule has 8 aromatic rings. The van der Waals surface area contributed by atoms with Gasteiger partial charge in [-0.15, -0.1) is 0 Å². The number of hydrogen-bond donors (Lipinski definition) is 0. The number of furan rings is 2. The molecule has 0 bridgehead atoms. The van der Waals surface area contributed by atoms with Crippen LogP contribution in [0, 0.1) is 0 Å². The molecule has 0 saturated heterocycles. The minimum atomic E-state index is 0.838. The Balaban J connectivity index is 1.67. The highest BCUT2D eigenvalue weighted by atomic mass is 16.3. The Kier molecular flexibility index (Phi) is 2.60. The van der Waals surface area contributed by atoms with Crippen LogP contribution in [0.3, 0.4) is 0 Å². The number of aromatic nitrogens is 3. The molecule has 144 valence electrons. The summed E-state index contributed by atoms with van der Waals surface area (Å²) in [6.07, 6.45) is 5.65. The first-order valence-electron chi connectivity index (χ1n) is 10.2. The molecule has 0 aliphatic rings. The van der Waals surface area contributed by atoms with Crippen LogP contribution in [-0.2, 0) is 0 Å². The summed E-state index contributed by atoms with van der Waals surface area (Å²) in [5.41, 5.74) is 6.30. The molecule has 0 aliphatic heterocycles. The van der Waals surface area contributed by atoms with Gasteiger partial charge >= 0.3 is 0 Å². The van der Waals surface area contributed by atoms with Crippen LogP contribution in [0.2, 0.25) is 0 Å². The molecule has 5 heteroatoms. The van der Waals surface area contributed by atoms with Crippen LogP contribution in [0.25, 0.3) is 71.3 Å². The van der Waals surface area contributed by atoms with Crippen molar-refractivity contribution in [3.8, 4) is 0 Å². The van der Waals surface area contributed by atoms with E-state index in [2.05, 4.69) is 33.7 Å². The highest BCUT2D eigenvalue weighted by Gasteiger charge is 2.18. The van der Waals surface area contributed by atoms with E-state index >= 15 is 0 Å². The van der Waals surface area contributed by atoms with Crippen molar-refractivity contribution in [2.24, 2.45) is 0 Å². The third kappa shape index (κ3) is 1.82. The summed E-state index contributed by atoms with van der Waals surface area (Å²) in [4.78, 5) is 9.28. The van der Waals surface area contributed by atoms with Crippen LogP contribution < -0.4 is 0 Å². The molecule has 5 nitrogen and oxygen atoms in total. The van der Waals surface area contributed by atoms with Gasteiger partial charge in [0.05, 0.1) is 11.0 Å². The number of nitrogens with zero attached hydrogens (tertiary/aromatic N) is 3. The lowest BCUT2D eigenvalue weighted by Gasteiger charge is -2.07. The normalized spacial score (nSPS) is 12.5. The van der Waals surface area contributed by atoms with Crippen molar-refractivity contribution < 1.29 is 8.83 Å². The fourth-order valence-corrected chi connectivity index (χ4v) is 5.00. The third-order valence-electron chi connectivity index (χ3n) is 6.30. The minimum absolute atomic E-state index is 0.838. The Morgan fingerprint density at radius 2 is 1.42 bits per heavy atom. The van der Waals surface area contributed by atoms with Crippen LogP contribution >= 0.6 is 0 Å². The van der Waals surface area contributed by atoms with Gasteiger partial charge in [0.1, 0.15) is 28.0 Å². The zero-order valence-corrected chi connectivity index (χ0v) is 16.2. The van der Waals surface area contributed by atoms with E-state index in [0.29, 0.717) is 0 Å². The zero-order chi connectivity index (χ0) is 20.1. The summed E-state index contributed by atoms with van der Waals surface area (Å²) < 4.78 is 14.6. The van der Waals surface area contributed by atoms with Gasteiger partial charge in [-0.1, -0.05) is 18.2 Å². The third-order valence-corrected chi connectivity index (χ3v) is 6.30. The van der Waals surface area contributed by atoms with Crippen molar-refractivity contribution in [3.05, 3.63) is 79.3 Å². The van der Waals surface area contributed by atoms with Gasteiger partial charge in [0, 0.05) is 57.0 Å². The van der Waals surface area contributed by atoms with E-state index in [1.807, 2.05) is 55.0 Å². The number of rotatable bonds is 0. The molecule has 0 atom stereocenters. The van der Waals surface area contributed by atoms with Crippen molar-refractivity contribution in [3.63, 3.8) is 0 Å². The summed E-state index contributed by atoms with van der Waals surface area (Å²) >= 11 is 0. The van der Waals surface area contributed by atoms with Gasteiger partial charge in [0.2, 0.25) is 0 Å². The van der Waals surface area contributed by atoms with Gasteiger partial charge in [-0.25, -0.2) is 4.98 Å². The maximum Gasteiger partial charge on any atom is 0.146 e. The predicted molar refractivity (Wildman–Crippen MR) is 123 cm³/mol. The van der Waals surface area contributed by atoms with E-state index in [1.54, 1.807) is 0 Å². The molecular weight excluding hydrogens is 386 g/mol. The fourth-order valence-electron chi connectivity index (χ4n) is 5.00. The number of pyridine rings is 2. The topological polar surface area (TPSA) is 56.5 Å². The Hall–Kier alpha value is -4.38. The fraction of sp³-hybridized carbons (Fsp3) is 0. The monoisotopic (exact) mass is 399 g/mol. The summed E-state index contributed by atoms with van der Waals surface area (Å²) in [6, 6.07) is 20.5. The molecule has 0 fully saturated rings. The van der Waals surface area contributed by atoms with Gasteiger partial charge in [0.15, 0.2) is 0 Å². The first kappa shape index (κ1) is 15.5. The summed E-state index contributed by atoms with van der Waals surface area (Å²) in [7, 11) is 0. The van der Waals surface area contributed by atoms with E-state index in [0.717, 1.165) is 71.3 Å². The molecule has 3 aromatic carbocycles. The molecule has 0 spiro atoms. The second-order valence-corrected chi connectivity index (χ2v) is 7.90. The van der Waals surface area contributed by atoms with Gasteiger partial charge in [-0.05, 0) is 36.4 Å². The van der Waals surface area contributed by atoms with E-state index in [-0.39, 0.29) is 0 Å². The maximum absolute atomic E-state index is 6.33. The molecule has 5 aromatic heterocycles. The van der Waals surface area contributed by atoms with E-state index < -0.39 is 0 Å². The smallest absolute Gasteiger partial charge is 0.146 e. The summed E-state index contributed by atoms with van der Waals surface area (Å²) in [6.45, 7) is 0. The first-order chi connectivity index (χ1) is 15.4. The predicted octanol–water partition coefficient (Wildman–Crippen LogP) is 6.83. The molecular formula is C26H13N3O2. The molecule has 8 rings (SSSR count). The standard InChI is InChI=1S/C26H13N3O2/c1-2-6-19-14(4-1)23-20(30-19)7-8-21-24(23)17-12-16-18(13-22(17)31-21)29-11-10-28-26(29)15-5-3-9-27-25(15)16/h1-13H. The second-order valence-electron chi connectivity index (χ2n) is 7.90. The highest BCUT2D eigenvalue weighted by Crippen LogP contribution is 2.41. The number of benzene rings is 3. The Bertz CT molecular complexity index is 2010. The average Bonchev–Trinajstić information content (AvgIpc) is 3.52. The molecule has 0 amide bonds. The number of para-hydroxylation sites is 1. The Morgan fingerprint density at radius 1 is 0.613 bits per heavy atom. The maximum atomic E-state index is 6.33. The minimum Gasteiger partial charge on any atom is -0.456 e. The van der Waals surface area contributed by atoms with Crippen molar-refractivity contribution >= 4 is 71.3 Å². The SMILES string of the molecule is c1ccc2c(c1)oc1ccc3oc4cc5c(cc4c3c12)c1ncccc1c1nccn51. The van der Waals surface area contributed by atoms with Gasteiger partial charge in [0.25, 0.3) is 0 Å². The van der Waals surface area contributed by atoms with Gasteiger partial charge < -0.3 is 8.83 Å². The van der Waals surface area contributed by atoms with Gasteiger partial charge in [-0.3, -0.25) is 9.38 Å². The quantitative estimate of drug-likeness (QED) is 0.262. The summed E-state index contributed by atoms with van der Waals surface area (Å²) in [5, 5.41) is 6.43. The van der Waals surface area contributed by atoms with Crippen molar-refractivity contribution in [1.29, 1.82) is 0 Å². The van der Waals surface area contributed by atoms with E-state index in [9.17, 15) is 0 Å².